The summed E-state index contributed by atoms with van der Waals surface area (Å²) in [5, 5.41) is 11.7. The Balaban J connectivity index is 2.37. The number of carboxylic acids is 1. The summed E-state index contributed by atoms with van der Waals surface area (Å²) in [7, 11) is 0. The minimum Gasteiger partial charge on any atom is -0.481 e. The van der Waals surface area contributed by atoms with Gasteiger partial charge in [-0.15, -0.1) is 0 Å². The molecule has 21 heavy (non-hydrogen) atoms. The molecule has 1 aliphatic rings. The second kappa shape index (κ2) is 9.33. The summed E-state index contributed by atoms with van der Waals surface area (Å²) in [5.74, 6) is -1.21. The number of likely N-dealkylation sites (tertiary alicyclic amines) is 1. The summed E-state index contributed by atoms with van der Waals surface area (Å²) >= 11 is 0. The summed E-state index contributed by atoms with van der Waals surface area (Å²) in [6, 6.07) is -0.402. The highest BCUT2D eigenvalue weighted by Gasteiger charge is 2.26. The van der Waals surface area contributed by atoms with Gasteiger partial charge in [-0.2, -0.15) is 0 Å². The van der Waals surface area contributed by atoms with Crippen molar-refractivity contribution >= 4 is 17.8 Å². The molecule has 120 valence electrons. The third-order valence-electron chi connectivity index (χ3n) is 3.60. The van der Waals surface area contributed by atoms with Crippen LogP contribution >= 0.6 is 0 Å². The summed E-state index contributed by atoms with van der Waals surface area (Å²) in [5.41, 5.74) is 5.15. The summed E-state index contributed by atoms with van der Waals surface area (Å²) in [6.45, 7) is 2.11. The average molecular weight is 299 g/mol. The normalized spacial score (nSPS) is 15.9. The maximum Gasteiger partial charge on any atom is 0.303 e. The third kappa shape index (κ3) is 7.08. The van der Waals surface area contributed by atoms with E-state index < -0.39 is 17.9 Å². The number of primary amides is 1. The van der Waals surface area contributed by atoms with Crippen LogP contribution < -0.4 is 11.1 Å². The summed E-state index contributed by atoms with van der Waals surface area (Å²) < 4.78 is 0. The van der Waals surface area contributed by atoms with Crippen LogP contribution in [0, 0.1) is 0 Å². The van der Waals surface area contributed by atoms with E-state index in [0.29, 0.717) is 25.8 Å². The quantitative estimate of drug-likeness (QED) is 0.495. The van der Waals surface area contributed by atoms with Gasteiger partial charge in [-0.1, -0.05) is 0 Å². The molecule has 0 bridgehead atoms. The SMILES string of the molecule is NC(=O)CC[C@H](NCCCCC(=O)O)C(=O)N1CCCC1. The Labute approximate surface area is 124 Å². The van der Waals surface area contributed by atoms with Crippen molar-refractivity contribution in [2.45, 2.75) is 51.0 Å². The lowest BCUT2D eigenvalue weighted by molar-refractivity contribution is -0.137. The minimum atomic E-state index is -0.812. The van der Waals surface area contributed by atoms with Gasteiger partial charge >= 0.3 is 5.97 Å². The fourth-order valence-electron chi connectivity index (χ4n) is 2.43. The van der Waals surface area contributed by atoms with Gasteiger partial charge in [0.05, 0.1) is 6.04 Å². The highest BCUT2D eigenvalue weighted by molar-refractivity contribution is 5.83. The first-order valence-corrected chi connectivity index (χ1v) is 7.53. The third-order valence-corrected chi connectivity index (χ3v) is 3.60. The van der Waals surface area contributed by atoms with Crippen LogP contribution in [0.15, 0.2) is 0 Å². The van der Waals surface area contributed by atoms with Crippen LogP contribution in [-0.4, -0.2) is 53.5 Å². The molecule has 2 amide bonds. The van der Waals surface area contributed by atoms with Crippen LogP contribution in [0.3, 0.4) is 0 Å². The van der Waals surface area contributed by atoms with E-state index in [1.165, 1.54) is 0 Å². The Morgan fingerprint density at radius 2 is 1.81 bits per heavy atom. The fraction of sp³-hybridized carbons (Fsp3) is 0.786. The molecule has 4 N–H and O–H groups in total. The fourth-order valence-corrected chi connectivity index (χ4v) is 2.43. The van der Waals surface area contributed by atoms with Gasteiger partial charge in [0.15, 0.2) is 0 Å². The largest absolute Gasteiger partial charge is 0.481 e. The lowest BCUT2D eigenvalue weighted by Crippen LogP contribution is -2.46. The van der Waals surface area contributed by atoms with Gasteiger partial charge in [-0.25, -0.2) is 0 Å². The molecular formula is C14H25N3O4. The minimum absolute atomic E-state index is 0.0204. The second-order valence-corrected chi connectivity index (χ2v) is 5.39. The molecule has 0 aromatic carbocycles. The van der Waals surface area contributed by atoms with Crippen molar-refractivity contribution in [2.75, 3.05) is 19.6 Å². The topological polar surface area (TPSA) is 113 Å². The van der Waals surface area contributed by atoms with Gasteiger partial charge in [-0.05, 0) is 38.6 Å². The molecule has 0 unspecified atom stereocenters. The number of amides is 2. The maximum absolute atomic E-state index is 12.3. The van der Waals surface area contributed by atoms with E-state index in [-0.39, 0.29) is 18.7 Å². The number of carbonyl (C=O) groups is 3. The van der Waals surface area contributed by atoms with Crippen LogP contribution in [-0.2, 0) is 14.4 Å². The van der Waals surface area contributed by atoms with Gasteiger partial charge in [-0.3, -0.25) is 14.4 Å². The summed E-state index contributed by atoms with van der Waals surface area (Å²) in [4.78, 5) is 35.5. The van der Waals surface area contributed by atoms with Crippen molar-refractivity contribution in [1.29, 1.82) is 0 Å². The molecule has 7 heteroatoms. The molecule has 0 aromatic heterocycles. The van der Waals surface area contributed by atoms with E-state index in [2.05, 4.69) is 5.32 Å². The van der Waals surface area contributed by atoms with Gasteiger partial charge in [0.1, 0.15) is 0 Å². The van der Waals surface area contributed by atoms with E-state index in [9.17, 15) is 14.4 Å². The van der Waals surface area contributed by atoms with Crippen molar-refractivity contribution in [2.24, 2.45) is 5.73 Å². The molecule has 0 aromatic rings. The molecule has 0 aliphatic carbocycles. The van der Waals surface area contributed by atoms with E-state index in [1.807, 2.05) is 4.90 Å². The Morgan fingerprint density at radius 1 is 1.14 bits per heavy atom. The van der Waals surface area contributed by atoms with Gasteiger partial charge < -0.3 is 21.1 Å². The number of aliphatic carboxylic acids is 1. The zero-order valence-corrected chi connectivity index (χ0v) is 12.3. The number of nitrogens with two attached hydrogens (primary N) is 1. The monoisotopic (exact) mass is 299 g/mol. The van der Waals surface area contributed by atoms with Crippen LogP contribution in [0.25, 0.3) is 0 Å². The number of carboxylic acid groups (broad SMARTS) is 1. The van der Waals surface area contributed by atoms with Gasteiger partial charge in [0.25, 0.3) is 0 Å². The van der Waals surface area contributed by atoms with Crippen molar-refractivity contribution in [3.8, 4) is 0 Å². The van der Waals surface area contributed by atoms with Gasteiger partial charge in [0, 0.05) is 25.9 Å². The predicted molar refractivity (Wildman–Crippen MR) is 77.5 cm³/mol. The molecule has 0 radical (unpaired) electrons. The first-order chi connectivity index (χ1) is 10.0. The van der Waals surface area contributed by atoms with Crippen LogP contribution in [0.2, 0.25) is 0 Å². The van der Waals surface area contributed by atoms with Crippen molar-refractivity contribution in [1.82, 2.24) is 10.2 Å². The Bertz CT molecular complexity index is 367. The maximum atomic E-state index is 12.3. The molecule has 1 rings (SSSR count). The molecule has 1 saturated heterocycles. The lowest BCUT2D eigenvalue weighted by atomic mass is 10.1. The first-order valence-electron chi connectivity index (χ1n) is 7.53. The molecule has 1 atom stereocenters. The highest BCUT2D eigenvalue weighted by atomic mass is 16.4. The second-order valence-electron chi connectivity index (χ2n) is 5.39. The van der Waals surface area contributed by atoms with Crippen LogP contribution in [0.4, 0.5) is 0 Å². The number of nitrogens with one attached hydrogen (secondary N) is 1. The lowest BCUT2D eigenvalue weighted by Gasteiger charge is -2.24. The number of rotatable bonds is 10. The average Bonchev–Trinajstić information content (AvgIpc) is 2.94. The molecular weight excluding hydrogens is 274 g/mol. The number of hydrogen-bond donors (Lipinski definition) is 3. The van der Waals surface area contributed by atoms with Crippen molar-refractivity contribution in [3.05, 3.63) is 0 Å². The highest BCUT2D eigenvalue weighted by Crippen LogP contribution is 2.11. The van der Waals surface area contributed by atoms with E-state index >= 15 is 0 Å². The van der Waals surface area contributed by atoms with Crippen molar-refractivity contribution < 1.29 is 19.5 Å². The molecule has 1 heterocycles. The molecule has 1 fully saturated rings. The Kier molecular flexibility index (Phi) is 7.74. The number of hydrogen-bond acceptors (Lipinski definition) is 4. The standard InChI is InChI=1S/C14H25N3O4/c15-12(18)7-6-11(14(21)17-9-3-4-10-17)16-8-2-1-5-13(19)20/h11,16H,1-10H2,(H2,15,18)(H,19,20)/t11-/m0/s1. The zero-order valence-electron chi connectivity index (χ0n) is 12.3. The molecule has 0 saturated carbocycles. The van der Waals surface area contributed by atoms with E-state index in [0.717, 1.165) is 25.9 Å². The number of nitrogens with zero attached hydrogens (tertiary/aromatic N) is 1. The van der Waals surface area contributed by atoms with E-state index in [4.69, 9.17) is 10.8 Å². The first kappa shape index (κ1) is 17.4. The number of unbranched alkanes of at least 4 members (excludes halogenated alkanes) is 1. The van der Waals surface area contributed by atoms with Crippen molar-refractivity contribution in [3.63, 3.8) is 0 Å². The number of carbonyl (C=O) groups excluding carboxylic acids is 2. The predicted octanol–water partition coefficient (Wildman–Crippen LogP) is 0.0874. The summed E-state index contributed by atoms with van der Waals surface area (Å²) in [6.07, 6.45) is 4.00. The van der Waals surface area contributed by atoms with E-state index in [1.54, 1.807) is 0 Å². The molecule has 7 nitrogen and oxygen atoms in total. The Hall–Kier alpha value is -1.63. The zero-order chi connectivity index (χ0) is 15.7. The van der Waals surface area contributed by atoms with Crippen LogP contribution in [0.1, 0.15) is 44.9 Å². The smallest absolute Gasteiger partial charge is 0.303 e. The molecule has 1 aliphatic heterocycles. The Morgan fingerprint density at radius 3 is 2.38 bits per heavy atom. The molecule has 0 spiro atoms. The van der Waals surface area contributed by atoms with Gasteiger partial charge in [0.2, 0.25) is 11.8 Å². The van der Waals surface area contributed by atoms with Crippen LogP contribution in [0.5, 0.6) is 0 Å².